The van der Waals surface area contributed by atoms with Crippen LogP contribution in [0.1, 0.15) is 23.2 Å². The number of ether oxygens (including phenoxy) is 1. The molecule has 1 atom stereocenters. The van der Waals surface area contributed by atoms with Crippen molar-refractivity contribution in [3.05, 3.63) is 35.2 Å². The quantitative estimate of drug-likeness (QED) is 0.913. The highest BCUT2D eigenvalue weighted by atomic mass is 35.5. The monoisotopic (exact) mass is 348 g/mol. The van der Waals surface area contributed by atoms with Gasteiger partial charge in [0, 0.05) is 18.2 Å². The van der Waals surface area contributed by atoms with Crippen LogP contribution in [0.2, 0.25) is 5.35 Å². The van der Waals surface area contributed by atoms with Crippen molar-refractivity contribution in [1.82, 2.24) is 20.4 Å². The van der Waals surface area contributed by atoms with Crippen molar-refractivity contribution in [1.29, 1.82) is 0 Å². The van der Waals surface area contributed by atoms with Crippen LogP contribution < -0.4 is 10.1 Å². The minimum Gasteiger partial charge on any atom is -0.410 e. The van der Waals surface area contributed by atoms with Crippen LogP contribution in [0.25, 0.3) is 0 Å². The normalized spacial score (nSPS) is 25.5. The molecule has 2 aromatic rings. The first-order valence-electron chi connectivity index (χ1n) is 7.97. The van der Waals surface area contributed by atoms with E-state index >= 15 is 0 Å². The van der Waals surface area contributed by atoms with Gasteiger partial charge in [0.1, 0.15) is 5.75 Å². The van der Waals surface area contributed by atoms with E-state index in [1.165, 1.54) is 12.8 Å². The molecule has 8 heteroatoms. The number of fused-ring (bicyclic) bond motifs is 3. The van der Waals surface area contributed by atoms with Gasteiger partial charge in [-0.1, -0.05) is 10.2 Å². The number of hydrogen-bond acceptors (Lipinski definition) is 6. The van der Waals surface area contributed by atoms with Gasteiger partial charge in [-0.3, -0.25) is 4.79 Å². The molecule has 1 aromatic carbocycles. The van der Waals surface area contributed by atoms with Crippen molar-refractivity contribution in [3.8, 4) is 11.8 Å². The van der Waals surface area contributed by atoms with Crippen LogP contribution in [0.5, 0.6) is 11.8 Å². The largest absolute Gasteiger partial charge is 0.421 e. The van der Waals surface area contributed by atoms with Gasteiger partial charge in [0.2, 0.25) is 0 Å². The molecule has 0 radical (unpaired) electrons. The first-order chi connectivity index (χ1) is 11.7. The summed E-state index contributed by atoms with van der Waals surface area (Å²) in [4.78, 5) is 14.8. The van der Waals surface area contributed by atoms with Crippen molar-refractivity contribution in [2.75, 3.05) is 19.6 Å². The molecule has 1 unspecified atom stereocenters. The van der Waals surface area contributed by atoms with Crippen molar-refractivity contribution in [2.24, 2.45) is 5.92 Å². The highest BCUT2D eigenvalue weighted by Crippen LogP contribution is 2.28. The van der Waals surface area contributed by atoms with Gasteiger partial charge in [0.25, 0.3) is 5.91 Å². The standard InChI is InChI=1S/C16H17ClN4O3/c17-15-19-20-16(24-15)23-12-3-1-11(2-4-12)14(22)18-13-9-21-7-5-10(13)6-8-21/h1-4,10,13H,5-9H2,(H,18,22). The predicted molar refractivity (Wildman–Crippen MR) is 86.2 cm³/mol. The SMILES string of the molecule is O=C(NC1CN2CCC1CC2)c1ccc(Oc2nnc(Cl)o2)cc1. The van der Waals surface area contributed by atoms with Gasteiger partial charge in [-0.25, -0.2) is 0 Å². The van der Waals surface area contributed by atoms with E-state index in [2.05, 4.69) is 20.4 Å². The van der Waals surface area contributed by atoms with E-state index in [0.717, 1.165) is 19.6 Å². The number of piperidine rings is 3. The molecule has 0 aliphatic carbocycles. The molecule has 4 heterocycles. The topological polar surface area (TPSA) is 80.5 Å². The molecule has 7 nitrogen and oxygen atoms in total. The number of amides is 1. The molecule has 126 valence electrons. The third kappa shape index (κ3) is 3.22. The molecule has 0 saturated carbocycles. The smallest absolute Gasteiger partial charge is 0.410 e. The Kier molecular flexibility index (Phi) is 4.12. The highest BCUT2D eigenvalue weighted by molar-refractivity contribution is 6.27. The third-order valence-electron chi connectivity index (χ3n) is 4.68. The highest BCUT2D eigenvalue weighted by Gasteiger charge is 2.34. The third-order valence-corrected chi connectivity index (χ3v) is 4.83. The number of benzene rings is 1. The Morgan fingerprint density at radius 1 is 1.25 bits per heavy atom. The lowest BCUT2D eigenvalue weighted by atomic mass is 9.84. The van der Waals surface area contributed by atoms with Gasteiger partial charge in [-0.05, 0) is 67.7 Å². The number of hydrogen-bond donors (Lipinski definition) is 1. The zero-order valence-corrected chi connectivity index (χ0v) is 13.7. The summed E-state index contributed by atoms with van der Waals surface area (Å²) in [6.07, 6.45) is 2.30. The molecular weight excluding hydrogens is 332 g/mol. The second kappa shape index (κ2) is 6.41. The van der Waals surface area contributed by atoms with E-state index in [1.54, 1.807) is 24.3 Å². The van der Waals surface area contributed by atoms with Gasteiger partial charge in [-0.15, -0.1) is 0 Å². The van der Waals surface area contributed by atoms with Crippen molar-refractivity contribution >= 4 is 17.5 Å². The molecule has 0 spiro atoms. The first kappa shape index (κ1) is 15.4. The van der Waals surface area contributed by atoms with Crippen LogP contribution in [0, 0.1) is 5.92 Å². The molecular formula is C16H17ClN4O3. The second-order valence-corrected chi connectivity index (χ2v) is 6.49. The van der Waals surface area contributed by atoms with E-state index in [4.69, 9.17) is 20.8 Å². The minimum atomic E-state index is -0.0847. The number of nitrogens with one attached hydrogen (secondary N) is 1. The molecule has 1 N–H and O–H groups in total. The Hall–Kier alpha value is -2.12. The summed E-state index contributed by atoms with van der Waals surface area (Å²) in [5.74, 6) is 1.04. The minimum absolute atomic E-state index is 0.0375. The molecule has 3 saturated heterocycles. The fourth-order valence-electron chi connectivity index (χ4n) is 3.39. The van der Waals surface area contributed by atoms with Crippen molar-refractivity contribution < 1.29 is 13.9 Å². The second-order valence-electron chi connectivity index (χ2n) is 6.17. The van der Waals surface area contributed by atoms with Gasteiger partial charge in [0.15, 0.2) is 0 Å². The molecule has 3 aliphatic heterocycles. The first-order valence-corrected chi connectivity index (χ1v) is 8.35. The zero-order chi connectivity index (χ0) is 16.5. The maximum absolute atomic E-state index is 12.4. The van der Waals surface area contributed by atoms with Gasteiger partial charge < -0.3 is 19.4 Å². The fraction of sp³-hybridized carbons (Fsp3) is 0.438. The summed E-state index contributed by atoms with van der Waals surface area (Å²) < 4.78 is 10.3. The number of nitrogens with zero attached hydrogens (tertiary/aromatic N) is 3. The van der Waals surface area contributed by atoms with Crippen molar-refractivity contribution in [2.45, 2.75) is 18.9 Å². The van der Waals surface area contributed by atoms with Crippen molar-refractivity contribution in [3.63, 3.8) is 0 Å². The summed E-state index contributed by atoms with van der Waals surface area (Å²) in [5.41, 5.74) is 0.599. The van der Waals surface area contributed by atoms with Crippen LogP contribution in [0.3, 0.4) is 0 Å². The molecule has 3 aliphatic rings. The van der Waals surface area contributed by atoms with Gasteiger partial charge >= 0.3 is 11.4 Å². The van der Waals surface area contributed by atoms with Gasteiger partial charge in [0.05, 0.1) is 0 Å². The Morgan fingerprint density at radius 3 is 2.58 bits per heavy atom. The average Bonchev–Trinajstić information content (AvgIpc) is 3.01. The van der Waals surface area contributed by atoms with E-state index < -0.39 is 0 Å². The Bertz CT molecular complexity index is 725. The molecule has 2 bridgehead atoms. The number of halogens is 1. The Balaban J connectivity index is 1.38. The fourth-order valence-corrected chi connectivity index (χ4v) is 3.49. The summed E-state index contributed by atoms with van der Waals surface area (Å²) in [7, 11) is 0. The van der Waals surface area contributed by atoms with Gasteiger partial charge in [-0.2, -0.15) is 0 Å². The maximum atomic E-state index is 12.4. The molecule has 1 aromatic heterocycles. The van der Waals surface area contributed by atoms with Crippen LogP contribution in [0.15, 0.2) is 28.7 Å². The average molecular weight is 349 g/mol. The summed E-state index contributed by atoms with van der Waals surface area (Å²) in [5, 5.41) is 10.2. The summed E-state index contributed by atoms with van der Waals surface area (Å²) >= 11 is 5.54. The molecule has 3 fully saturated rings. The van der Waals surface area contributed by atoms with E-state index in [9.17, 15) is 4.79 Å². The number of carbonyl (C=O) groups is 1. The van der Waals surface area contributed by atoms with Crippen LogP contribution in [-0.2, 0) is 0 Å². The van der Waals surface area contributed by atoms with Crippen LogP contribution >= 0.6 is 11.6 Å². The van der Waals surface area contributed by atoms with E-state index in [0.29, 0.717) is 17.2 Å². The Labute approximate surface area is 143 Å². The summed E-state index contributed by atoms with van der Waals surface area (Å²) in [6.45, 7) is 3.26. The lowest BCUT2D eigenvalue weighted by Gasteiger charge is -2.44. The number of aromatic nitrogens is 2. The molecule has 1 amide bonds. The van der Waals surface area contributed by atoms with Crippen LogP contribution in [-0.4, -0.2) is 46.7 Å². The zero-order valence-electron chi connectivity index (χ0n) is 12.9. The summed E-state index contributed by atoms with van der Waals surface area (Å²) in [6, 6.07) is 7.04. The lowest BCUT2D eigenvalue weighted by Crippen LogP contribution is -2.57. The van der Waals surface area contributed by atoms with E-state index in [1.807, 2.05) is 0 Å². The van der Waals surface area contributed by atoms with E-state index in [-0.39, 0.29) is 23.4 Å². The number of rotatable bonds is 4. The Morgan fingerprint density at radius 2 is 2.00 bits per heavy atom. The number of carbonyl (C=O) groups excluding carboxylic acids is 1. The van der Waals surface area contributed by atoms with Crippen LogP contribution in [0.4, 0.5) is 0 Å². The predicted octanol–water partition coefficient (Wildman–Crippen LogP) is 2.34. The molecule has 24 heavy (non-hydrogen) atoms. The molecule has 5 rings (SSSR count). The lowest BCUT2D eigenvalue weighted by molar-refractivity contribution is 0.0620. The maximum Gasteiger partial charge on any atom is 0.421 e.